The van der Waals surface area contributed by atoms with Gasteiger partial charge in [-0.15, -0.1) is 0 Å². The van der Waals surface area contributed by atoms with E-state index in [9.17, 15) is 9.18 Å². The van der Waals surface area contributed by atoms with E-state index in [0.29, 0.717) is 66.8 Å². The van der Waals surface area contributed by atoms with Gasteiger partial charge in [-0.1, -0.05) is 0 Å². The van der Waals surface area contributed by atoms with Crippen molar-refractivity contribution >= 4 is 17.3 Å². The second-order valence-electron chi connectivity index (χ2n) is 7.55. The fourth-order valence-corrected chi connectivity index (χ4v) is 5.85. The Morgan fingerprint density at radius 1 is 1.24 bits per heavy atom. The number of nitrogens with zero attached hydrogens (tertiary/aromatic N) is 1. The minimum absolute atomic E-state index is 0.0576. The number of rotatable bonds is 3. The molecular formula is C23H23FIN4O5-. The number of carbonyl (C=O) groups is 1. The van der Waals surface area contributed by atoms with Crippen LogP contribution >= 0.6 is 0 Å². The van der Waals surface area contributed by atoms with E-state index in [1.54, 1.807) is 24.5 Å². The summed E-state index contributed by atoms with van der Waals surface area (Å²) in [6, 6.07) is 6.40. The summed E-state index contributed by atoms with van der Waals surface area (Å²) in [5.41, 5.74) is 3.51. The van der Waals surface area contributed by atoms with E-state index in [-0.39, 0.29) is 15.7 Å². The number of benzene rings is 1. The first kappa shape index (κ1) is 22.9. The third kappa shape index (κ3) is 4.55. The van der Waals surface area contributed by atoms with Crippen LogP contribution in [-0.4, -0.2) is 53.5 Å². The van der Waals surface area contributed by atoms with Gasteiger partial charge in [0.1, 0.15) is 0 Å². The molecule has 3 aromatic rings. The number of alkyl halides is 1. The van der Waals surface area contributed by atoms with E-state index < -0.39 is 27.4 Å². The molecular weight excluding hydrogens is 558 g/mol. The Bertz CT molecular complexity index is 1200. The first-order chi connectivity index (χ1) is 16.7. The van der Waals surface area contributed by atoms with Gasteiger partial charge in [-0.3, -0.25) is 0 Å². The van der Waals surface area contributed by atoms with Crippen LogP contribution in [0.25, 0.3) is 11.3 Å². The summed E-state index contributed by atoms with van der Waals surface area (Å²) in [5, 5.41) is 6.30. The molecule has 5 rings (SSSR count). The first-order valence-electron chi connectivity index (χ1n) is 10.7. The van der Waals surface area contributed by atoms with Gasteiger partial charge in [-0.25, -0.2) is 0 Å². The molecule has 0 saturated carbocycles. The summed E-state index contributed by atoms with van der Waals surface area (Å²) < 4.78 is 36.9. The van der Waals surface area contributed by atoms with Gasteiger partial charge in [-0.2, -0.15) is 0 Å². The number of hydrogen-bond acceptors (Lipinski definition) is 7. The number of aromatic amines is 1. The predicted molar refractivity (Wildman–Crippen MR) is 117 cm³/mol. The first-order valence-corrected chi connectivity index (χ1v) is 12.8. The number of pyridine rings is 1. The third-order valence-corrected chi connectivity index (χ3v) is 7.59. The Hall–Kier alpha value is -2.90. The van der Waals surface area contributed by atoms with E-state index in [4.69, 9.17) is 17.3 Å². The molecule has 1 unspecified atom stereocenters. The molecule has 0 aliphatic carbocycles. The standard InChI is InChI=1S/C23H23FIN4O5/c1-31-22-14(24)3-2-4-15(22)27-21-19-16-11-18(29-23(19)30)25-34-10-8-32-7-9-33-17-12-26-6-5-13(17)20(21)28-16/h2-6,12,18,27-28H,7-11H2,1H3,(H,29,30)/q-1. The number of fused-ring (bicyclic) bond motifs is 4. The minimum atomic E-state index is -0.739. The van der Waals surface area contributed by atoms with Crippen molar-refractivity contribution in [1.29, 1.82) is 0 Å². The molecule has 4 heterocycles. The van der Waals surface area contributed by atoms with E-state index in [1.807, 2.05) is 6.07 Å². The number of carbonyl (C=O) groups excluding carboxylic acids is 1. The molecule has 3 bridgehead atoms. The summed E-state index contributed by atoms with van der Waals surface area (Å²) in [6.45, 7) is 1.66. The number of methoxy groups -OCH3 is 1. The Balaban J connectivity index is 1.65. The predicted octanol–water partition coefficient (Wildman–Crippen LogP) is 0.00960. The van der Waals surface area contributed by atoms with Crippen LogP contribution < -0.4 is 41.7 Å². The van der Waals surface area contributed by atoms with Crippen molar-refractivity contribution < 1.29 is 48.1 Å². The fourth-order valence-electron chi connectivity index (χ4n) is 3.96. The zero-order chi connectivity index (χ0) is 23.5. The molecule has 1 atom stereocenters. The zero-order valence-corrected chi connectivity index (χ0v) is 20.5. The van der Waals surface area contributed by atoms with Gasteiger partial charge < -0.3 is 0 Å². The molecule has 34 heavy (non-hydrogen) atoms. The van der Waals surface area contributed by atoms with Gasteiger partial charge in [0.05, 0.1) is 0 Å². The van der Waals surface area contributed by atoms with Crippen molar-refractivity contribution in [3.8, 4) is 22.8 Å². The van der Waals surface area contributed by atoms with Crippen LogP contribution in [-0.2, 0) is 14.2 Å². The van der Waals surface area contributed by atoms with Crippen LogP contribution in [0.5, 0.6) is 11.5 Å². The number of halogens is 2. The monoisotopic (exact) mass is 581 g/mol. The molecule has 2 aliphatic heterocycles. The molecule has 0 spiro atoms. The van der Waals surface area contributed by atoms with Crippen molar-refractivity contribution in [3.63, 3.8) is 0 Å². The molecule has 1 aromatic carbocycles. The maximum atomic E-state index is 14.4. The number of para-hydroxylation sites is 1. The summed E-state index contributed by atoms with van der Waals surface area (Å²) in [4.78, 5) is 20.9. The number of H-pyrrole nitrogens is 1. The average Bonchev–Trinajstić information content (AvgIpc) is 3.19. The zero-order valence-electron chi connectivity index (χ0n) is 18.3. The number of ether oxygens (including phenoxy) is 3. The maximum absolute atomic E-state index is 14.4. The van der Waals surface area contributed by atoms with E-state index in [1.165, 1.54) is 13.2 Å². The number of amides is 1. The fraction of sp³-hybridized carbons (Fsp3) is 0.304. The van der Waals surface area contributed by atoms with Crippen molar-refractivity contribution in [2.75, 3.05) is 38.9 Å². The summed E-state index contributed by atoms with van der Waals surface area (Å²) in [6.07, 6.45) is 3.87. The second-order valence-corrected chi connectivity index (χ2v) is 10.2. The van der Waals surface area contributed by atoms with Crippen LogP contribution in [0.3, 0.4) is 0 Å². The van der Waals surface area contributed by atoms with Crippen LogP contribution in [0.15, 0.2) is 36.7 Å². The van der Waals surface area contributed by atoms with E-state index >= 15 is 0 Å². The Morgan fingerprint density at radius 2 is 2.12 bits per heavy atom. The summed E-state index contributed by atoms with van der Waals surface area (Å²) >= 11 is -0.739. The second kappa shape index (κ2) is 10.2. The van der Waals surface area contributed by atoms with Crippen LogP contribution in [0.2, 0.25) is 0 Å². The molecule has 0 radical (unpaired) electrons. The van der Waals surface area contributed by atoms with Gasteiger partial charge in [0.25, 0.3) is 0 Å². The van der Waals surface area contributed by atoms with E-state index in [2.05, 4.69) is 20.6 Å². The number of anilines is 2. The topological polar surface area (TPSA) is 107 Å². The Labute approximate surface area is 206 Å². The van der Waals surface area contributed by atoms with Gasteiger partial charge in [-0.05, 0) is 0 Å². The van der Waals surface area contributed by atoms with Crippen LogP contribution in [0.1, 0.15) is 16.1 Å². The van der Waals surface area contributed by atoms with Crippen LogP contribution in [0, 0.1) is 5.82 Å². The molecule has 11 heteroatoms. The molecule has 0 saturated heterocycles. The van der Waals surface area contributed by atoms with Crippen LogP contribution in [0.4, 0.5) is 15.8 Å². The average molecular weight is 581 g/mol. The molecule has 1 amide bonds. The van der Waals surface area contributed by atoms with Crippen molar-refractivity contribution in [2.24, 2.45) is 0 Å². The molecule has 2 aliphatic rings. The van der Waals surface area contributed by atoms with Crippen molar-refractivity contribution in [1.82, 2.24) is 15.3 Å². The molecule has 3 N–H and O–H groups in total. The van der Waals surface area contributed by atoms with Gasteiger partial charge in [0.2, 0.25) is 0 Å². The SMILES string of the molecule is COc1c(F)cccc1Nc1c2[nH]c3c1C(=O)NC(C3)[I-]OCCOCCOc1cnccc1-2. The van der Waals surface area contributed by atoms with E-state index in [0.717, 1.165) is 5.69 Å². The van der Waals surface area contributed by atoms with Gasteiger partial charge in [0.15, 0.2) is 0 Å². The van der Waals surface area contributed by atoms with Crippen molar-refractivity contribution in [3.05, 3.63) is 53.7 Å². The summed E-state index contributed by atoms with van der Waals surface area (Å²) in [7, 11) is 1.40. The Morgan fingerprint density at radius 3 is 3.00 bits per heavy atom. The third-order valence-electron chi connectivity index (χ3n) is 5.42. The molecule has 180 valence electrons. The van der Waals surface area contributed by atoms with Crippen molar-refractivity contribution in [2.45, 2.75) is 10.5 Å². The number of nitrogens with one attached hydrogen (secondary N) is 3. The normalized spacial score (nSPS) is 18.4. The summed E-state index contributed by atoms with van der Waals surface area (Å²) in [5.74, 6) is -0.140. The number of hydrogen-bond donors (Lipinski definition) is 3. The number of aromatic nitrogens is 2. The molecule has 9 nitrogen and oxygen atoms in total. The quantitative estimate of drug-likeness (QED) is 0.228. The van der Waals surface area contributed by atoms with Gasteiger partial charge in [0, 0.05) is 0 Å². The molecule has 2 aromatic heterocycles. The van der Waals surface area contributed by atoms with Gasteiger partial charge >= 0.3 is 206 Å². The Kier molecular flexibility index (Phi) is 6.83. The molecule has 0 fully saturated rings.